The summed E-state index contributed by atoms with van der Waals surface area (Å²) in [4.78, 5) is 11.3. The first-order valence-corrected chi connectivity index (χ1v) is 14.6. The molecule has 1 atom stereocenters. The molecule has 4 rings (SSSR count). The van der Waals surface area contributed by atoms with Gasteiger partial charge in [-0.15, -0.1) is 5.10 Å². The summed E-state index contributed by atoms with van der Waals surface area (Å²) in [5.41, 5.74) is 2.81. The number of rotatable bonds is 17. The van der Waals surface area contributed by atoms with Crippen LogP contribution >= 0.6 is 0 Å². The smallest absolute Gasteiger partial charge is 0.330 e. The minimum absolute atomic E-state index is 0.0187. The molecule has 0 unspecified atom stereocenters. The number of cyclic esters (lactones) is 1. The van der Waals surface area contributed by atoms with Crippen molar-refractivity contribution < 1.29 is 33.2 Å². The van der Waals surface area contributed by atoms with E-state index in [-0.39, 0.29) is 12.1 Å². The average molecular weight is 592 g/mol. The highest BCUT2D eigenvalue weighted by atomic mass is 16.5. The minimum atomic E-state index is -0.231. The fourth-order valence-electron chi connectivity index (χ4n) is 4.86. The van der Waals surface area contributed by atoms with Gasteiger partial charge < -0.3 is 28.4 Å². The lowest BCUT2D eigenvalue weighted by atomic mass is 10.1. The lowest BCUT2D eigenvalue weighted by molar-refractivity contribution is -0.144. The Hall–Kier alpha value is -4.47. The molecule has 0 saturated heterocycles. The van der Waals surface area contributed by atoms with Gasteiger partial charge in [-0.25, -0.2) is 4.79 Å². The highest BCUT2D eigenvalue weighted by molar-refractivity contribution is 5.82. The van der Waals surface area contributed by atoms with Crippen LogP contribution in [0.2, 0.25) is 0 Å². The summed E-state index contributed by atoms with van der Waals surface area (Å²) in [5, 5.41) is 8.57. The van der Waals surface area contributed by atoms with Gasteiger partial charge in [-0.3, -0.25) is 4.68 Å². The van der Waals surface area contributed by atoms with Crippen LogP contribution in [0.1, 0.15) is 55.3 Å². The van der Waals surface area contributed by atoms with E-state index >= 15 is 0 Å². The summed E-state index contributed by atoms with van der Waals surface area (Å²) in [6.07, 6.45) is 15.7. The monoisotopic (exact) mass is 591 g/mol. The van der Waals surface area contributed by atoms with Crippen molar-refractivity contribution in [3.05, 3.63) is 65.5 Å². The number of aryl methyl sites for hydroxylation is 2. The van der Waals surface area contributed by atoms with Crippen LogP contribution in [-0.2, 0) is 22.5 Å². The zero-order valence-electron chi connectivity index (χ0n) is 25.4. The van der Waals surface area contributed by atoms with Gasteiger partial charge in [0.1, 0.15) is 6.10 Å². The van der Waals surface area contributed by atoms with Crippen molar-refractivity contribution in [2.45, 2.75) is 57.6 Å². The second-order valence-electron chi connectivity index (χ2n) is 10.2. The van der Waals surface area contributed by atoms with Gasteiger partial charge in [0.05, 0.1) is 40.7 Å². The van der Waals surface area contributed by atoms with Gasteiger partial charge >= 0.3 is 5.97 Å². The van der Waals surface area contributed by atoms with Crippen LogP contribution in [-0.4, -0.2) is 62.1 Å². The van der Waals surface area contributed by atoms with Crippen LogP contribution in [0, 0.1) is 0 Å². The van der Waals surface area contributed by atoms with E-state index in [0.29, 0.717) is 35.4 Å². The van der Waals surface area contributed by atoms with Crippen LogP contribution in [0.15, 0.2) is 48.7 Å². The van der Waals surface area contributed by atoms with E-state index in [1.165, 1.54) is 6.08 Å². The maximum atomic E-state index is 11.3. The molecule has 1 aliphatic heterocycles. The van der Waals surface area contributed by atoms with Crippen molar-refractivity contribution in [1.82, 2.24) is 15.0 Å². The Morgan fingerprint density at radius 1 is 0.884 bits per heavy atom. The lowest BCUT2D eigenvalue weighted by Gasteiger charge is -2.18. The van der Waals surface area contributed by atoms with Crippen LogP contribution in [0.3, 0.4) is 0 Å². The fourth-order valence-corrected chi connectivity index (χ4v) is 4.86. The van der Waals surface area contributed by atoms with Crippen molar-refractivity contribution in [3.8, 4) is 28.7 Å². The van der Waals surface area contributed by atoms with E-state index in [2.05, 4.69) is 10.3 Å². The maximum Gasteiger partial charge on any atom is 0.330 e. The van der Waals surface area contributed by atoms with Crippen molar-refractivity contribution in [2.24, 2.45) is 0 Å². The quantitative estimate of drug-likeness (QED) is 0.107. The fraction of sp³-hybridized carbons (Fsp3) is 0.424. The molecule has 0 saturated carbocycles. The third kappa shape index (κ3) is 9.26. The van der Waals surface area contributed by atoms with Crippen molar-refractivity contribution in [1.29, 1.82) is 0 Å². The van der Waals surface area contributed by atoms with E-state index in [0.717, 1.165) is 68.3 Å². The summed E-state index contributed by atoms with van der Waals surface area (Å²) >= 11 is 0. The lowest BCUT2D eigenvalue weighted by Crippen LogP contribution is -2.19. The molecule has 2 aromatic carbocycles. The Morgan fingerprint density at radius 3 is 2.35 bits per heavy atom. The molecule has 0 fully saturated rings. The molecular formula is C33H41N3O7. The number of hydrogen-bond donors (Lipinski definition) is 0. The number of carbonyl (C=O) groups is 1. The van der Waals surface area contributed by atoms with E-state index < -0.39 is 0 Å². The average Bonchev–Trinajstić information content (AvgIpc) is 3.48. The largest absolute Gasteiger partial charge is 0.493 e. The van der Waals surface area contributed by atoms with Gasteiger partial charge in [-0.2, -0.15) is 0 Å². The first-order chi connectivity index (χ1) is 21.0. The second kappa shape index (κ2) is 16.2. The standard InChI is InChI=1S/C33H41N3O7/c1-38-28-17-16-24(14-15-25-21-30(39-2)33(41-4)31(22-25)40-3)20-29(28)42-19-9-10-26-23-36(35-34-26)18-7-5-6-11-27-12-8-13-32(37)43-27/h8,13-17,20-23,27H,5-7,9-12,18-19H2,1-4H3/b15-14-/t27-/m1/s1. The first-order valence-electron chi connectivity index (χ1n) is 14.6. The molecule has 1 aromatic heterocycles. The van der Waals surface area contributed by atoms with Crippen molar-refractivity contribution >= 4 is 18.1 Å². The predicted octanol–water partition coefficient (Wildman–Crippen LogP) is 5.93. The van der Waals surface area contributed by atoms with Gasteiger partial charge in [-0.1, -0.05) is 35.9 Å². The van der Waals surface area contributed by atoms with Crippen molar-refractivity contribution in [2.75, 3.05) is 35.0 Å². The molecule has 10 nitrogen and oxygen atoms in total. The normalized spacial score (nSPS) is 14.5. The summed E-state index contributed by atoms with van der Waals surface area (Å²) < 4.78 is 35.1. The number of carbonyl (C=O) groups excluding carboxylic acids is 1. The van der Waals surface area contributed by atoms with Gasteiger partial charge in [0.25, 0.3) is 0 Å². The Kier molecular flexibility index (Phi) is 11.9. The number of esters is 1. The third-order valence-electron chi connectivity index (χ3n) is 7.11. The molecule has 10 heteroatoms. The highest BCUT2D eigenvalue weighted by Crippen LogP contribution is 2.38. The number of benzene rings is 2. The Balaban J connectivity index is 1.23. The summed E-state index contributed by atoms with van der Waals surface area (Å²) in [7, 11) is 6.41. The number of hydrogen-bond acceptors (Lipinski definition) is 9. The predicted molar refractivity (Wildman–Crippen MR) is 164 cm³/mol. The van der Waals surface area contributed by atoms with Gasteiger partial charge in [-0.05, 0) is 67.5 Å². The molecule has 0 amide bonds. The van der Waals surface area contributed by atoms with Gasteiger partial charge in [0, 0.05) is 25.2 Å². The van der Waals surface area contributed by atoms with Gasteiger partial charge in [0.2, 0.25) is 5.75 Å². The van der Waals surface area contributed by atoms with E-state index in [4.69, 9.17) is 28.4 Å². The number of nitrogens with zero attached hydrogens (tertiary/aromatic N) is 3. The van der Waals surface area contributed by atoms with Crippen LogP contribution in [0.5, 0.6) is 28.7 Å². The molecule has 0 spiro atoms. The number of aromatic nitrogens is 3. The Bertz CT molecular complexity index is 1370. The molecule has 2 heterocycles. The molecule has 1 aliphatic rings. The molecular weight excluding hydrogens is 550 g/mol. The van der Waals surface area contributed by atoms with Crippen molar-refractivity contribution in [3.63, 3.8) is 0 Å². The third-order valence-corrected chi connectivity index (χ3v) is 7.11. The topological polar surface area (TPSA) is 103 Å². The van der Waals surface area contributed by atoms with E-state index in [1.807, 2.05) is 59.4 Å². The summed E-state index contributed by atoms with van der Waals surface area (Å²) in [6, 6.07) is 9.61. The Morgan fingerprint density at radius 2 is 1.63 bits per heavy atom. The molecule has 230 valence electrons. The zero-order valence-corrected chi connectivity index (χ0v) is 25.4. The minimum Gasteiger partial charge on any atom is -0.493 e. The van der Waals surface area contributed by atoms with Crippen LogP contribution in [0.4, 0.5) is 0 Å². The van der Waals surface area contributed by atoms with E-state index in [9.17, 15) is 4.79 Å². The highest BCUT2D eigenvalue weighted by Gasteiger charge is 2.15. The molecule has 0 N–H and O–H groups in total. The number of unbranched alkanes of at least 4 members (excludes halogenated alkanes) is 2. The molecule has 3 aromatic rings. The Labute approximate surface area is 253 Å². The number of ether oxygens (including phenoxy) is 6. The molecule has 0 aliphatic carbocycles. The summed E-state index contributed by atoms with van der Waals surface area (Å²) in [6.45, 7) is 1.34. The van der Waals surface area contributed by atoms with E-state index in [1.54, 1.807) is 28.4 Å². The zero-order chi connectivity index (χ0) is 30.4. The van der Waals surface area contributed by atoms with Crippen LogP contribution in [0.25, 0.3) is 12.2 Å². The molecule has 43 heavy (non-hydrogen) atoms. The van der Waals surface area contributed by atoms with Gasteiger partial charge in [0.15, 0.2) is 23.0 Å². The number of methoxy groups -OCH3 is 4. The first kappa shape index (κ1) is 31.5. The van der Waals surface area contributed by atoms with Crippen LogP contribution < -0.4 is 23.7 Å². The summed E-state index contributed by atoms with van der Waals surface area (Å²) in [5.74, 6) is 2.87. The molecule has 0 radical (unpaired) electrons. The SMILES string of the molecule is COc1ccc(/C=C\c2cc(OC)c(OC)c(OC)c2)cc1OCCCc1cn(CCCCC[C@@H]2CC=CC(=O)O2)nn1. The maximum absolute atomic E-state index is 11.3. The molecule has 0 bridgehead atoms. The second-order valence-corrected chi connectivity index (χ2v) is 10.2.